The molecule has 24 heavy (non-hydrogen) atoms. The quantitative estimate of drug-likeness (QED) is 0.833. The highest BCUT2D eigenvalue weighted by molar-refractivity contribution is 7.89. The predicted molar refractivity (Wildman–Crippen MR) is 98.2 cm³/mol. The van der Waals surface area contributed by atoms with Gasteiger partial charge in [-0.3, -0.25) is 0 Å². The third kappa shape index (κ3) is 3.30. The van der Waals surface area contributed by atoms with Gasteiger partial charge in [-0.25, -0.2) is 8.42 Å². The fraction of sp³-hybridized carbons (Fsp3) is 0.300. The van der Waals surface area contributed by atoms with E-state index in [1.807, 2.05) is 49.4 Å². The van der Waals surface area contributed by atoms with Crippen LogP contribution in [-0.4, -0.2) is 25.3 Å². The Bertz CT molecular complexity index is 810. The molecule has 2 aromatic rings. The van der Waals surface area contributed by atoms with E-state index >= 15 is 0 Å². The van der Waals surface area contributed by atoms with Crippen LogP contribution in [0, 0.1) is 6.92 Å². The third-order valence-corrected chi connectivity index (χ3v) is 6.55. The minimum atomic E-state index is -3.51. The number of nitrogens with zero attached hydrogens (tertiary/aromatic N) is 1. The summed E-state index contributed by atoms with van der Waals surface area (Å²) in [4.78, 5) is 0.362. The summed E-state index contributed by atoms with van der Waals surface area (Å²) in [7, 11) is -3.51. The Kier molecular flexibility index (Phi) is 4.88. The lowest BCUT2D eigenvalue weighted by Crippen LogP contribution is -2.44. The number of piperidine rings is 1. The number of sulfonamides is 1. The number of rotatable bonds is 4. The Hall–Kier alpha value is -1.91. The first-order valence-electron chi connectivity index (χ1n) is 8.33. The van der Waals surface area contributed by atoms with Gasteiger partial charge >= 0.3 is 0 Å². The largest absolute Gasteiger partial charge is 0.243 e. The molecule has 0 N–H and O–H groups in total. The summed E-state index contributed by atoms with van der Waals surface area (Å²) in [6.07, 6.45) is 2.74. The minimum absolute atomic E-state index is 0.174. The smallest absolute Gasteiger partial charge is 0.207 e. The molecule has 0 radical (unpaired) electrons. The van der Waals surface area contributed by atoms with E-state index in [-0.39, 0.29) is 6.04 Å². The highest BCUT2D eigenvalue weighted by atomic mass is 32.2. The molecule has 1 aliphatic rings. The molecule has 2 aromatic carbocycles. The van der Waals surface area contributed by atoms with Gasteiger partial charge in [-0.05, 0) is 43.0 Å². The lowest BCUT2D eigenvalue weighted by Gasteiger charge is -2.36. The minimum Gasteiger partial charge on any atom is -0.207 e. The van der Waals surface area contributed by atoms with Gasteiger partial charge in [-0.15, -0.1) is 0 Å². The topological polar surface area (TPSA) is 37.4 Å². The third-order valence-electron chi connectivity index (χ3n) is 4.63. The van der Waals surface area contributed by atoms with Crippen LogP contribution < -0.4 is 0 Å². The second-order valence-electron chi connectivity index (χ2n) is 6.33. The standard InChI is InChI=1S/C20H23NO2S/c1-16-11-13-19(14-12-16)24(22,23)21-15-7-6-10-20(21)17(2)18-8-4-3-5-9-18/h3-5,8-9,11-14,20H,2,6-7,10,15H2,1H3. The zero-order valence-corrected chi connectivity index (χ0v) is 14.8. The van der Waals surface area contributed by atoms with E-state index in [1.165, 1.54) is 0 Å². The van der Waals surface area contributed by atoms with Crippen molar-refractivity contribution in [2.24, 2.45) is 0 Å². The average Bonchev–Trinajstić information content (AvgIpc) is 2.62. The summed E-state index contributed by atoms with van der Waals surface area (Å²) < 4.78 is 27.9. The lowest BCUT2D eigenvalue weighted by atomic mass is 9.93. The zero-order chi connectivity index (χ0) is 17.2. The maximum Gasteiger partial charge on any atom is 0.243 e. The van der Waals surface area contributed by atoms with E-state index in [1.54, 1.807) is 16.4 Å². The molecule has 0 bridgehead atoms. The van der Waals surface area contributed by atoms with E-state index in [0.29, 0.717) is 11.4 Å². The van der Waals surface area contributed by atoms with Gasteiger partial charge < -0.3 is 0 Å². The summed E-state index contributed by atoms with van der Waals surface area (Å²) in [5.74, 6) is 0. The summed E-state index contributed by atoms with van der Waals surface area (Å²) in [5, 5.41) is 0. The molecular formula is C20H23NO2S. The van der Waals surface area contributed by atoms with Crippen LogP contribution in [0.15, 0.2) is 66.1 Å². The SMILES string of the molecule is C=C(c1ccccc1)C1CCCCN1S(=O)(=O)c1ccc(C)cc1. The molecular weight excluding hydrogens is 318 g/mol. The van der Waals surface area contributed by atoms with Crippen molar-refractivity contribution in [2.45, 2.75) is 37.1 Å². The van der Waals surface area contributed by atoms with Crippen molar-refractivity contribution in [1.82, 2.24) is 4.31 Å². The maximum absolute atomic E-state index is 13.1. The van der Waals surface area contributed by atoms with Crippen LogP contribution in [-0.2, 0) is 10.0 Å². The van der Waals surface area contributed by atoms with Crippen LogP contribution in [0.2, 0.25) is 0 Å². The van der Waals surface area contributed by atoms with Crippen molar-refractivity contribution in [1.29, 1.82) is 0 Å². The van der Waals surface area contributed by atoms with Crippen LogP contribution in [0.5, 0.6) is 0 Å². The van der Waals surface area contributed by atoms with E-state index in [2.05, 4.69) is 6.58 Å². The van der Waals surface area contributed by atoms with Crippen molar-refractivity contribution in [3.05, 3.63) is 72.3 Å². The molecule has 3 rings (SSSR count). The van der Waals surface area contributed by atoms with Gasteiger partial charge in [0.1, 0.15) is 0 Å². The Morgan fingerprint density at radius 3 is 2.38 bits per heavy atom. The summed E-state index contributed by atoms with van der Waals surface area (Å²) in [6, 6.07) is 16.8. The molecule has 4 heteroatoms. The second-order valence-corrected chi connectivity index (χ2v) is 8.22. The van der Waals surface area contributed by atoms with Crippen LogP contribution in [0.1, 0.15) is 30.4 Å². The molecule has 0 saturated carbocycles. The van der Waals surface area contributed by atoms with Crippen LogP contribution in [0.4, 0.5) is 0 Å². The molecule has 1 atom stereocenters. The van der Waals surface area contributed by atoms with Crippen molar-refractivity contribution < 1.29 is 8.42 Å². The van der Waals surface area contributed by atoms with E-state index in [0.717, 1.165) is 36.0 Å². The zero-order valence-electron chi connectivity index (χ0n) is 14.0. The van der Waals surface area contributed by atoms with Gasteiger partial charge in [0.25, 0.3) is 0 Å². The Morgan fingerprint density at radius 1 is 1.04 bits per heavy atom. The van der Waals surface area contributed by atoms with E-state index in [4.69, 9.17) is 0 Å². The predicted octanol–water partition coefficient (Wildman–Crippen LogP) is 4.25. The van der Waals surface area contributed by atoms with Crippen molar-refractivity contribution in [3.63, 3.8) is 0 Å². The monoisotopic (exact) mass is 341 g/mol. The maximum atomic E-state index is 13.1. The van der Waals surface area contributed by atoms with Gasteiger partial charge in [0, 0.05) is 6.54 Å². The number of hydrogen-bond acceptors (Lipinski definition) is 2. The molecule has 0 spiro atoms. The Morgan fingerprint density at radius 2 is 1.71 bits per heavy atom. The molecule has 1 heterocycles. The first-order valence-corrected chi connectivity index (χ1v) is 9.77. The second kappa shape index (κ2) is 6.91. The van der Waals surface area contributed by atoms with Gasteiger partial charge in [0.05, 0.1) is 10.9 Å². The van der Waals surface area contributed by atoms with Gasteiger partial charge in [-0.2, -0.15) is 4.31 Å². The number of hydrogen-bond donors (Lipinski definition) is 0. The molecule has 1 fully saturated rings. The summed E-state index contributed by atoms with van der Waals surface area (Å²) in [6.45, 7) is 6.72. The summed E-state index contributed by atoms with van der Waals surface area (Å²) in [5.41, 5.74) is 2.94. The molecule has 1 aliphatic heterocycles. The van der Waals surface area contributed by atoms with Crippen molar-refractivity contribution in [2.75, 3.05) is 6.54 Å². The molecule has 0 aliphatic carbocycles. The molecule has 0 amide bonds. The van der Waals surface area contributed by atoms with E-state index in [9.17, 15) is 8.42 Å². The molecule has 1 saturated heterocycles. The fourth-order valence-corrected chi connectivity index (χ4v) is 4.92. The highest BCUT2D eigenvalue weighted by Crippen LogP contribution is 2.32. The van der Waals surface area contributed by atoms with Crippen molar-refractivity contribution >= 4 is 15.6 Å². The van der Waals surface area contributed by atoms with Gasteiger partial charge in [0.2, 0.25) is 10.0 Å². The van der Waals surface area contributed by atoms with Crippen LogP contribution in [0.3, 0.4) is 0 Å². The van der Waals surface area contributed by atoms with Crippen LogP contribution >= 0.6 is 0 Å². The molecule has 0 aromatic heterocycles. The Balaban J connectivity index is 1.95. The molecule has 1 unspecified atom stereocenters. The molecule has 3 nitrogen and oxygen atoms in total. The number of aryl methyl sites for hydroxylation is 1. The number of benzene rings is 2. The first-order chi connectivity index (χ1) is 11.5. The van der Waals surface area contributed by atoms with Crippen molar-refractivity contribution in [3.8, 4) is 0 Å². The lowest BCUT2D eigenvalue weighted by molar-refractivity contribution is 0.299. The Labute approximate surface area is 144 Å². The van der Waals surface area contributed by atoms with Gasteiger partial charge in [-0.1, -0.05) is 61.0 Å². The van der Waals surface area contributed by atoms with E-state index < -0.39 is 10.0 Å². The molecule has 126 valence electrons. The summed E-state index contributed by atoms with van der Waals surface area (Å²) >= 11 is 0. The van der Waals surface area contributed by atoms with Crippen LogP contribution in [0.25, 0.3) is 5.57 Å². The fourth-order valence-electron chi connectivity index (χ4n) is 3.23. The highest BCUT2D eigenvalue weighted by Gasteiger charge is 2.35. The van der Waals surface area contributed by atoms with Gasteiger partial charge in [0.15, 0.2) is 0 Å². The first kappa shape index (κ1) is 16.9. The normalized spacial score (nSPS) is 19.1. The average molecular weight is 341 g/mol.